The Labute approximate surface area is 146 Å². The van der Waals surface area contributed by atoms with Gasteiger partial charge in [0.25, 0.3) is 0 Å². The summed E-state index contributed by atoms with van der Waals surface area (Å²) in [5.41, 5.74) is 1.91. The maximum atomic E-state index is 11.8. The van der Waals surface area contributed by atoms with E-state index in [9.17, 15) is 9.90 Å². The molecule has 0 radical (unpaired) electrons. The highest BCUT2D eigenvalue weighted by Crippen LogP contribution is 2.66. The fourth-order valence-electron chi connectivity index (χ4n) is 7.30. The third-order valence-electron chi connectivity index (χ3n) is 8.60. The normalized spacial score (nSPS) is 48.3. The van der Waals surface area contributed by atoms with Gasteiger partial charge in [0.05, 0.1) is 0 Å². The first kappa shape index (κ1) is 16.6. The lowest BCUT2D eigenvalue weighted by Gasteiger charge is -2.57. The number of hydrogen-bond donors (Lipinski definition) is 1. The molecule has 24 heavy (non-hydrogen) atoms. The van der Waals surface area contributed by atoms with Crippen molar-refractivity contribution in [3.8, 4) is 0 Å². The first-order valence-corrected chi connectivity index (χ1v) is 9.95. The highest BCUT2D eigenvalue weighted by Gasteiger charge is 2.58. The number of carbonyl (C=O) groups excluding carboxylic acids is 1. The van der Waals surface area contributed by atoms with Crippen LogP contribution in [0.1, 0.15) is 59.3 Å². The van der Waals surface area contributed by atoms with E-state index in [0.29, 0.717) is 29.8 Å². The van der Waals surface area contributed by atoms with Gasteiger partial charge in [0.2, 0.25) is 0 Å². The molecule has 0 aromatic heterocycles. The van der Waals surface area contributed by atoms with Gasteiger partial charge in [-0.3, -0.25) is 4.79 Å². The van der Waals surface area contributed by atoms with Gasteiger partial charge >= 0.3 is 0 Å². The van der Waals surface area contributed by atoms with Crippen molar-refractivity contribution in [1.82, 2.24) is 0 Å². The second-order valence-electron chi connectivity index (χ2n) is 9.49. The third kappa shape index (κ3) is 2.14. The van der Waals surface area contributed by atoms with E-state index in [2.05, 4.69) is 26.8 Å². The zero-order valence-corrected chi connectivity index (χ0v) is 15.4. The molecule has 1 N–H and O–H groups in total. The number of allylic oxidation sites excluding steroid dienone is 4. The molecule has 0 heterocycles. The molecule has 6 unspecified atom stereocenters. The summed E-state index contributed by atoms with van der Waals surface area (Å²) in [6.07, 6.45) is 13.5. The van der Waals surface area contributed by atoms with E-state index in [1.807, 2.05) is 12.2 Å². The highest BCUT2D eigenvalue weighted by atomic mass is 16.3. The van der Waals surface area contributed by atoms with Crippen LogP contribution in [0.3, 0.4) is 0 Å². The van der Waals surface area contributed by atoms with Crippen LogP contribution < -0.4 is 0 Å². The van der Waals surface area contributed by atoms with Crippen LogP contribution in [0.25, 0.3) is 0 Å². The summed E-state index contributed by atoms with van der Waals surface area (Å²) in [4.78, 5) is 11.8. The van der Waals surface area contributed by atoms with E-state index in [1.54, 1.807) is 0 Å². The fraction of sp³-hybridized carbons (Fsp3) is 0.773. The minimum absolute atomic E-state index is 0.110. The van der Waals surface area contributed by atoms with E-state index in [4.69, 9.17) is 0 Å². The largest absolute Gasteiger partial charge is 0.396 e. The molecule has 0 aromatic carbocycles. The number of aliphatic hydroxyl groups is 1. The first-order chi connectivity index (χ1) is 11.4. The third-order valence-corrected chi connectivity index (χ3v) is 8.60. The summed E-state index contributed by atoms with van der Waals surface area (Å²) in [5, 5.41) is 9.70. The van der Waals surface area contributed by atoms with Crippen molar-refractivity contribution < 1.29 is 9.90 Å². The van der Waals surface area contributed by atoms with Gasteiger partial charge in [-0.2, -0.15) is 0 Å². The van der Waals surface area contributed by atoms with Crippen LogP contribution >= 0.6 is 0 Å². The lowest BCUT2D eigenvalue weighted by Crippen LogP contribution is -2.50. The van der Waals surface area contributed by atoms with E-state index in [-0.39, 0.29) is 11.2 Å². The Hall–Kier alpha value is -0.890. The van der Waals surface area contributed by atoms with Gasteiger partial charge < -0.3 is 5.11 Å². The van der Waals surface area contributed by atoms with Crippen molar-refractivity contribution >= 4 is 5.78 Å². The molecule has 4 aliphatic rings. The SMILES string of the molecule is C[C@H](CO)C1CCC2C3CCC4=CC(=O)C=CC4(C)C3CCC21C. The summed E-state index contributed by atoms with van der Waals surface area (Å²) < 4.78 is 0. The summed E-state index contributed by atoms with van der Waals surface area (Å²) in [6.45, 7) is 7.47. The van der Waals surface area contributed by atoms with Crippen LogP contribution in [-0.4, -0.2) is 17.5 Å². The van der Waals surface area contributed by atoms with E-state index in [1.165, 1.54) is 37.7 Å². The van der Waals surface area contributed by atoms with Gasteiger partial charge in [-0.15, -0.1) is 0 Å². The molecule has 0 bridgehead atoms. The lowest BCUT2D eigenvalue weighted by molar-refractivity contribution is -0.111. The Balaban J connectivity index is 1.65. The maximum absolute atomic E-state index is 11.8. The predicted molar refractivity (Wildman–Crippen MR) is 96.4 cm³/mol. The van der Waals surface area contributed by atoms with E-state index in [0.717, 1.165) is 18.3 Å². The summed E-state index contributed by atoms with van der Waals surface area (Å²) in [7, 11) is 0. The van der Waals surface area contributed by atoms with Crippen LogP contribution in [0.4, 0.5) is 0 Å². The van der Waals surface area contributed by atoms with Crippen molar-refractivity contribution in [2.24, 2.45) is 40.4 Å². The standard InChI is InChI=1S/C22H32O2/c1-14(13-23)18-6-7-19-17-5-4-15-12-16(24)8-10-21(15,2)20(17)9-11-22(18,19)3/h8,10,12,14,17-20,23H,4-7,9,11,13H2,1-3H3/t14-,17?,18?,19?,20?,21?,22?/m1/s1. The predicted octanol–water partition coefficient (Wildman–Crippen LogP) is 4.54. The van der Waals surface area contributed by atoms with Gasteiger partial charge in [-0.25, -0.2) is 0 Å². The molecule has 2 heteroatoms. The van der Waals surface area contributed by atoms with Gasteiger partial charge in [-0.05, 0) is 85.7 Å². The van der Waals surface area contributed by atoms with Crippen molar-refractivity contribution in [2.45, 2.75) is 59.3 Å². The molecule has 0 saturated heterocycles. The second kappa shape index (κ2) is 5.56. The lowest BCUT2D eigenvalue weighted by atomic mass is 9.47. The number of carbonyl (C=O) groups is 1. The zero-order valence-electron chi connectivity index (χ0n) is 15.4. The van der Waals surface area contributed by atoms with Crippen molar-refractivity contribution in [2.75, 3.05) is 6.61 Å². The topological polar surface area (TPSA) is 37.3 Å². The molecule has 4 rings (SSSR count). The van der Waals surface area contributed by atoms with Crippen molar-refractivity contribution in [1.29, 1.82) is 0 Å². The van der Waals surface area contributed by atoms with Crippen LogP contribution in [0.5, 0.6) is 0 Å². The van der Waals surface area contributed by atoms with Crippen LogP contribution in [-0.2, 0) is 4.79 Å². The Morgan fingerprint density at radius 3 is 2.75 bits per heavy atom. The van der Waals surface area contributed by atoms with Crippen molar-refractivity contribution in [3.05, 3.63) is 23.8 Å². The van der Waals surface area contributed by atoms with Crippen LogP contribution in [0, 0.1) is 40.4 Å². The maximum Gasteiger partial charge on any atom is 0.178 e. The number of hydrogen-bond acceptors (Lipinski definition) is 2. The molecule has 0 amide bonds. The zero-order chi connectivity index (χ0) is 17.1. The minimum Gasteiger partial charge on any atom is -0.396 e. The molecule has 3 fully saturated rings. The van der Waals surface area contributed by atoms with Crippen LogP contribution in [0.2, 0.25) is 0 Å². The fourth-order valence-corrected chi connectivity index (χ4v) is 7.30. The highest BCUT2D eigenvalue weighted by molar-refractivity contribution is 6.01. The molecular formula is C22H32O2. The average molecular weight is 328 g/mol. The quantitative estimate of drug-likeness (QED) is 0.808. The molecule has 3 saturated carbocycles. The second-order valence-corrected chi connectivity index (χ2v) is 9.49. The number of ketones is 1. The summed E-state index contributed by atoms with van der Waals surface area (Å²) >= 11 is 0. The van der Waals surface area contributed by atoms with E-state index >= 15 is 0 Å². The van der Waals surface area contributed by atoms with Gasteiger partial charge in [0.1, 0.15) is 0 Å². The Morgan fingerprint density at radius 1 is 1.21 bits per heavy atom. The monoisotopic (exact) mass is 328 g/mol. The molecule has 0 aliphatic heterocycles. The minimum atomic E-state index is 0.110. The Kier molecular flexibility index (Phi) is 3.84. The van der Waals surface area contributed by atoms with Gasteiger partial charge in [0.15, 0.2) is 5.78 Å². The molecule has 0 spiro atoms. The molecule has 2 nitrogen and oxygen atoms in total. The number of rotatable bonds is 2. The van der Waals surface area contributed by atoms with Crippen molar-refractivity contribution in [3.63, 3.8) is 0 Å². The van der Waals surface area contributed by atoms with E-state index < -0.39 is 0 Å². The number of fused-ring (bicyclic) bond motifs is 5. The number of aliphatic hydroxyl groups excluding tert-OH is 1. The summed E-state index contributed by atoms with van der Waals surface area (Å²) in [6, 6.07) is 0. The first-order valence-electron chi connectivity index (χ1n) is 9.95. The molecule has 0 aromatic rings. The molecule has 132 valence electrons. The Bertz CT molecular complexity index is 603. The molecular weight excluding hydrogens is 296 g/mol. The van der Waals surface area contributed by atoms with Crippen LogP contribution in [0.15, 0.2) is 23.8 Å². The Morgan fingerprint density at radius 2 is 2.00 bits per heavy atom. The van der Waals surface area contributed by atoms with Gasteiger partial charge in [-0.1, -0.05) is 32.4 Å². The van der Waals surface area contributed by atoms with Gasteiger partial charge in [0, 0.05) is 12.0 Å². The average Bonchev–Trinajstić information content (AvgIpc) is 2.92. The molecule has 4 aliphatic carbocycles. The summed E-state index contributed by atoms with van der Waals surface area (Å²) in [5.74, 6) is 3.58. The molecule has 7 atom stereocenters. The smallest absolute Gasteiger partial charge is 0.178 e.